The molecule has 9 fully saturated rings. The molecule has 0 aliphatic heterocycles. The Hall–Kier alpha value is -1.06. The van der Waals surface area contributed by atoms with Crippen LogP contribution in [0, 0.1) is 43.3 Å². The molecule has 0 unspecified atom stereocenters. The highest BCUT2D eigenvalue weighted by atomic mass is 16.2. The number of amides is 2. The zero-order valence-corrected chi connectivity index (χ0v) is 25.3. The zero-order chi connectivity index (χ0) is 27.0. The molecule has 2 N–H and O–H groups in total. The highest BCUT2D eigenvalue weighted by Gasteiger charge is 2.67. The molecule has 8 bridgehead atoms. The molecule has 0 radical (unpaired) electrons. The van der Waals surface area contributed by atoms with E-state index in [4.69, 9.17) is 0 Å². The third kappa shape index (κ3) is 3.95. The van der Waals surface area contributed by atoms with E-state index < -0.39 is 0 Å². The van der Waals surface area contributed by atoms with Crippen molar-refractivity contribution in [3.05, 3.63) is 0 Å². The third-order valence-electron chi connectivity index (χ3n) is 13.1. The van der Waals surface area contributed by atoms with Crippen molar-refractivity contribution in [2.24, 2.45) is 43.3 Å². The van der Waals surface area contributed by atoms with Crippen molar-refractivity contribution in [3.8, 4) is 0 Å². The maximum absolute atomic E-state index is 13.9. The smallest absolute Gasteiger partial charge is 0.226 e. The molecule has 9 rings (SSSR count). The molecule has 0 aromatic rings. The average molecular weight is 523 g/mol. The maximum Gasteiger partial charge on any atom is 0.226 e. The first-order valence-corrected chi connectivity index (χ1v) is 16.1. The van der Waals surface area contributed by atoms with E-state index in [1.165, 1.54) is 38.5 Å². The van der Waals surface area contributed by atoms with E-state index in [1.54, 1.807) is 0 Å². The summed E-state index contributed by atoms with van der Waals surface area (Å²) in [7, 11) is 0. The summed E-state index contributed by atoms with van der Waals surface area (Å²) in [6, 6.07) is 0.543. The average Bonchev–Trinajstić information content (AvgIpc) is 2.68. The molecule has 0 aromatic heterocycles. The van der Waals surface area contributed by atoms with Crippen molar-refractivity contribution in [1.29, 1.82) is 0 Å². The first-order valence-electron chi connectivity index (χ1n) is 16.1. The predicted octanol–water partition coefficient (Wildman–Crippen LogP) is 7.30. The lowest BCUT2D eigenvalue weighted by Gasteiger charge is -2.68. The second-order valence-corrected chi connectivity index (χ2v) is 19.0. The van der Waals surface area contributed by atoms with Crippen molar-refractivity contribution in [2.75, 3.05) is 0 Å². The molecule has 212 valence electrons. The minimum atomic E-state index is -0.154. The second kappa shape index (κ2) is 7.41. The Bertz CT molecular complexity index is 877. The van der Waals surface area contributed by atoms with Gasteiger partial charge in [-0.1, -0.05) is 41.5 Å². The molecule has 0 saturated heterocycles. The van der Waals surface area contributed by atoms with Crippen molar-refractivity contribution in [3.63, 3.8) is 0 Å². The van der Waals surface area contributed by atoms with Gasteiger partial charge in [-0.15, -0.1) is 0 Å². The van der Waals surface area contributed by atoms with E-state index in [0.717, 1.165) is 64.2 Å². The summed E-state index contributed by atoms with van der Waals surface area (Å²) in [5.74, 6) is 0.715. The molecule has 0 spiro atoms. The zero-order valence-electron chi connectivity index (χ0n) is 25.3. The van der Waals surface area contributed by atoms with E-state index in [1.807, 2.05) is 0 Å². The molecule has 2 amide bonds. The van der Waals surface area contributed by atoms with Crippen molar-refractivity contribution >= 4 is 11.8 Å². The Morgan fingerprint density at radius 2 is 0.632 bits per heavy atom. The molecule has 4 heteroatoms. The van der Waals surface area contributed by atoms with E-state index in [2.05, 4.69) is 52.2 Å². The van der Waals surface area contributed by atoms with Crippen LogP contribution in [0.2, 0.25) is 0 Å². The topological polar surface area (TPSA) is 58.2 Å². The maximum atomic E-state index is 13.9. The van der Waals surface area contributed by atoms with E-state index >= 15 is 0 Å². The van der Waals surface area contributed by atoms with Gasteiger partial charge < -0.3 is 10.6 Å². The van der Waals surface area contributed by atoms with Crippen LogP contribution in [0.4, 0.5) is 0 Å². The normalized spacial score (nSPS) is 58.2. The van der Waals surface area contributed by atoms with Crippen LogP contribution in [0.3, 0.4) is 0 Å². The summed E-state index contributed by atoms with van der Waals surface area (Å²) in [5, 5.41) is 7.15. The number of rotatable bonds is 4. The highest BCUT2D eigenvalue weighted by Crippen LogP contribution is 2.75. The lowest BCUT2D eigenvalue weighted by Crippen LogP contribution is -2.64. The summed E-state index contributed by atoms with van der Waals surface area (Å²) in [6.45, 7) is 14.8. The third-order valence-corrected chi connectivity index (χ3v) is 13.1. The Labute approximate surface area is 231 Å². The largest absolute Gasteiger partial charge is 0.353 e. The molecular formula is C34H54N2O2. The quantitative estimate of drug-likeness (QED) is 0.407. The molecule has 0 aromatic carbocycles. The number of carbonyl (C=O) groups excluding carboxylic acids is 2. The van der Waals surface area contributed by atoms with Gasteiger partial charge in [0.05, 0.1) is 10.8 Å². The van der Waals surface area contributed by atoms with Gasteiger partial charge in [-0.25, -0.2) is 0 Å². The molecular weight excluding hydrogens is 468 g/mol. The summed E-state index contributed by atoms with van der Waals surface area (Å²) >= 11 is 0. The monoisotopic (exact) mass is 522 g/mol. The molecule has 9 aliphatic carbocycles. The van der Waals surface area contributed by atoms with Crippen LogP contribution < -0.4 is 10.6 Å². The Balaban J connectivity index is 0.976. The first kappa shape index (κ1) is 25.9. The van der Waals surface area contributed by atoms with Crippen LogP contribution in [0.15, 0.2) is 0 Å². The van der Waals surface area contributed by atoms with Crippen LogP contribution in [0.1, 0.15) is 144 Å². The lowest BCUT2D eigenvalue weighted by molar-refractivity contribution is -0.192. The fraction of sp³-hybridized carbons (Fsp3) is 0.941. The number of nitrogens with one attached hydrogen (secondary N) is 2. The van der Waals surface area contributed by atoms with Crippen LogP contribution >= 0.6 is 0 Å². The highest BCUT2D eigenvalue weighted by molar-refractivity contribution is 5.84. The van der Waals surface area contributed by atoms with Crippen molar-refractivity contribution in [1.82, 2.24) is 10.6 Å². The van der Waals surface area contributed by atoms with Gasteiger partial charge in [-0.05, 0) is 135 Å². The summed E-state index contributed by atoms with van der Waals surface area (Å²) in [4.78, 5) is 27.8. The fourth-order valence-electron chi connectivity index (χ4n) is 15.1. The minimum Gasteiger partial charge on any atom is -0.353 e. The molecule has 0 heterocycles. The van der Waals surface area contributed by atoms with Crippen molar-refractivity contribution in [2.45, 2.75) is 156 Å². The molecule has 9 aliphatic rings. The fourth-order valence-corrected chi connectivity index (χ4v) is 15.1. The Morgan fingerprint density at radius 3 is 0.842 bits per heavy atom. The number of carbonyl (C=O) groups is 2. The van der Waals surface area contributed by atoms with Crippen LogP contribution in [0.5, 0.6) is 0 Å². The van der Waals surface area contributed by atoms with Gasteiger partial charge in [0.1, 0.15) is 0 Å². The van der Waals surface area contributed by atoms with E-state index in [9.17, 15) is 9.59 Å². The van der Waals surface area contributed by atoms with Gasteiger partial charge >= 0.3 is 0 Å². The standard InChI is InChI=1S/C34H54N2O2/c1-27-11-28(2)13-29(3,12-27)19-33(17-27,18-28)25(37)35-23-7-9-24(10-8-23)36-26(38)34-20-30(4)14-31(5,21-34)16-32(6,15-30)22-34/h23-24H,7-22H2,1-6H3,(H,35,37)(H,36,38). The van der Waals surface area contributed by atoms with Gasteiger partial charge in [0.25, 0.3) is 0 Å². The SMILES string of the molecule is CC12CC3(C)CC(C)(C1)CC(C(=O)NC1CCC(NC(=O)C45CC6(C)CC(C)(CC(C)(C6)C4)C5)CC1)(C2)C3. The molecule has 9 saturated carbocycles. The second-order valence-electron chi connectivity index (χ2n) is 19.0. The van der Waals surface area contributed by atoms with Crippen LogP contribution in [-0.4, -0.2) is 23.9 Å². The number of hydrogen-bond acceptors (Lipinski definition) is 2. The minimum absolute atomic E-state index is 0.154. The predicted molar refractivity (Wildman–Crippen MR) is 151 cm³/mol. The van der Waals surface area contributed by atoms with E-state index in [-0.39, 0.29) is 22.9 Å². The van der Waals surface area contributed by atoms with Gasteiger partial charge in [0.2, 0.25) is 11.8 Å². The molecule has 0 atom stereocenters. The van der Waals surface area contributed by atoms with Crippen molar-refractivity contribution < 1.29 is 9.59 Å². The van der Waals surface area contributed by atoms with Crippen LogP contribution in [-0.2, 0) is 9.59 Å². The van der Waals surface area contributed by atoms with Gasteiger partial charge in [-0.3, -0.25) is 9.59 Å². The van der Waals surface area contributed by atoms with Crippen LogP contribution in [0.25, 0.3) is 0 Å². The number of hydrogen-bond donors (Lipinski definition) is 2. The Morgan fingerprint density at radius 1 is 0.421 bits per heavy atom. The summed E-state index contributed by atoms with van der Waals surface area (Å²) < 4.78 is 0. The van der Waals surface area contributed by atoms with E-state index in [0.29, 0.717) is 44.3 Å². The summed E-state index contributed by atoms with van der Waals surface area (Å²) in [5.41, 5.74) is 1.69. The van der Waals surface area contributed by atoms with Gasteiger partial charge in [0, 0.05) is 12.1 Å². The molecule has 4 nitrogen and oxygen atoms in total. The lowest BCUT2D eigenvalue weighted by atomic mass is 9.36. The van der Waals surface area contributed by atoms with Gasteiger partial charge in [0.15, 0.2) is 0 Å². The van der Waals surface area contributed by atoms with Gasteiger partial charge in [-0.2, -0.15) is 0 Å². The molecule has 38 heavy (non-hydrogen) atoms. The summed E-state index contributed by atoms with van der Waals surface area (Å²) in [6.07, 6.45) is 18.3. The Kier molecular flexibility index (Phi) is 5.05. The first-order chi connectivity index (χ1) is 17.5.